The molecule has 0 atom stereocenters. The van der Waals surface area contributed by atoms with E-state index in [9.17, 15) is 9.18 Å². The molecular formula is C20H25ClFN5O. The second kappa shape index (κ2) is 8.73. The van der Waals surface area contributed by atoms with E-state index in [2.05, 4.69) is 20.6 Å². The van der Waals surface area contributed by atoms with Crippen LogP contribution in [0.4, 0.5) is 16.2 Å². The first kappa shape index (κ1) is 20.3. The molecule has 1 fully saturated rings. The molecule has 0 bridgehead atoms. The number of aryl methyl sites for hydroxylation is 1. The average molecular weight is 406 g/mol. The van der Waals surface area contributed by atoms with E-state index < -0.39 is 5.82 Å². The fraction of sp³-hybridized carbons (Fsp3) is 0.450. The van der Waals surface area contributed by atoms with Gasteiger partial charge in [0.05, 0.1) is 0 Å². The van der Waals surface area contributed by atoms with Gasteiger partial charge in [0.15, 0.2) is 0 Å². The molecule has 1 heterocycles. The third-order valence-electron chi connectivity index (χ3n) is 4.89. The number of aromatic nitrogens is 2. The largest absolute Gasteiger partial charge is 0.367 e. The number of nitrogens with zero attached hydrogens (tertiary/aromatic N) is 3. The molecule has 0 unspecified atom stereocenters. The second-order valence-electron chi connectivity index (χ2n) is 7.42. The zero-order valence-corrected chi connectivity index (χ0v) is 17.1. The highest BCUT2D eigenvalue weighted by Gasteiger charge is 2.24. The first-order chi connectivity index (χ1) is 13.3. The van der Waals surface area contributed by atoms with Gasteiger partial charge < -0.3 is 15.5 Å². The highest BCUT2D eigenvalue weighted by Crippen LogP contribution is 2.24. The van der Waals surface area contributed by atoms with E-state index in [0.29, 0.717) is 12.0 Å². The quantitative estimate of drug-likeness (QED) is 0.791. The summed E-state index contributed by atoms with van der Waals surface area (Å²) >= 11 is 5.83. The molecule has 3 rings (SSSR count). The second-order valence-corrected chi connectivity index (χ2v) is 7.86. The van der Waals surface area contributed by atoms with E-state index in [1.807, 2.05) is 32.1 Å². The van der Waals surface area contributed by atoms with Gasteiger partial charge in [0.2, 0.25) is 5.95 Å². The number of hydrogen-bond acceptors (Lipinski definition) is 5. The van der Waals surface area contributed by atoms with Crippen LogP contribution in [0.5, 0.6) is 0 Å². The average Bonchev–Trinajstić information content (AvgIpc) is 2.64. The number of halogens is 2. The van der Waals surface area contributed by atoms with Gasteiger partial charge >= 0.3 is 0 Å². The Morgan fingerprint density at radius 3 is 2.50 bits per heavy atom. The molecule has 150 valence electrons. The lowest BCUT2D eigenvalue weighted by molar-refractivity contribution is 0.0926. The topological polar surface area (TPSA) is 70.2 Å². The third kappa shape index (κ3) is 5.10. The Morgan fingerprint density at radius 1 is 1.18 bits per heavy atom. The van der Waals surface area contributed by atoms with Gasteiger partial charge in [-0.25, -0.2) is 9.37 Å². The zero-order chi connectivity index (χ0) is 20.3. The predicted molar refractivity (Wildman–Crippen MR) is 110 cm³/mol. The molecule has 28 heavy (non-hydrogen) atoms. The molecule has 1 aromatic heterocycles. The van der Waals surface area contributed by atoms with Gasteiger partial charge in [-0.1, -0.05) is 11.6 Å². The minimum Gasteiger partial charge on any atom is -0.367 e. The summed E-state index contributed by atoms with van der Waals surface area (Å²) in [6, 6.07) is 4.23. The maximum atomic E-state index is 13.4. The minimum atomic E-state index is -0.511. The molecule has 0 radical (unpaired) electrons. The van der Waals surface area contributed by atoms with Crippen molar-refractivity contribution >= 4 is 29.3 Å². The minimum absolute atomic E-state index is 0.0661. The van der Waals surface area contributed by atoms with E-state index in [-0.39, 0.29) is 22.5 Å². The van der Waals surface area contributed by atoms with Crippen LogP contribution < -0.4 is 15.5 Å². The van der Waals surface area contributed by atoms with Crippen molar-refractivity contribution < 1.29 is 9.18 Å². The van der Waals surface area contributed by atoms with Crippen molar-refractivity contribution in [3.63, 3.8) is 0 Å². The lowest BCUT2D eigenvalue weighted by Gasteiger charge is -2.30. The van der Waals surface area contributed by atoms with Crippen LogP contribution in [0.3, 0.4) is 0 Å². The Balaban J connectivity index is 1.55. The number of nitrogens with one attached hydrogen (secondary N) is 2. The van der Waals surface area contributed by atoms with Crippen molar-refractivity contribution in [1.29, 1.82) is 0 Å². The van der Waals surface area contributed by atoms with Gasteiger partial charge in [-0.3, -0.25) is 4.79 Å². The van der Waals surface area contributed by atoms with E-state index in [4.69, 9.17) is 11.6 Å². The normalized spacial score (nSPS) is 19.2. The van der Waals surface area contributed by atoms with Crippen LogP contribution in [0, 0.1) is 12.7 Å². The summed E-state index contributed by atoms with van der Waals surface area (Å²) in [5.74, 6) is 0.714. The van der Waals surface area contributed by atoms with E-state index >= 15 is 0 Å². The number of carbonyl (C=O) groups excluding carboxylic acids is 1. The lowest BCUT2D eigenvalue weighted by Crippen LogP contribution is -2.40. The number of hydrogen-bond donors (Lipinski definition) is 2. The van der Waals surface area contributed by atoms with Gasteiger partial charge in [0.1, 0.15) is 11.6 Å². The summed E-state index contributed by atoms with van der Waals surface area (Å²) in [6.45, 7) is 1.98. The first-order valence-electron chi connectivity index (χ1n) is 9.36. The van der Waals surface area contributed by atoms with E-state index in [0.717, 1.165) is 37.1 Å². The van der Waals surface area contributed by atoms with Crippen molar-refractivity contribution in [1.82, 2.24) is 15.3 Å². The van der Waals surface area contributed by atoms with E-state index in [1.165, 1.54) is 18.2 Å². The monoisotopic (exact) mass is 405 g/mol. The maximum Gasteiger partial charge on any atom is 0.251 e. The Kier molecular flexibility index (Phi) is 6.34. The third-order valence-corrected chi connectivity index (χ3v) is 5.11. The van der Waals surface area contributed by atoms with Crippen molar-refractivity contribution in [2.24, 2.45) is 0 Å². The maximum absolute atomic E-state index is 13.4. The fourth-order valence-corrected chi connectivity index (χ4v) is 3.55. The summed E-state index contributed by atoms with van der Waals surface area (Å²) in [5.41, 5.74) is 1.25. The SMILES string of the molecule is Cc1cnc(N(C)C)nc1NC1CCC(NC(=O)c2cc(F)cc(Cl)c2)CC1. The Bertz CT molecular complexity index is 832. The van der Waals surface area contributed by atoms with Crippen LogP contribution in [-0.2, 0) is 0 Å². The molecule has 1 aliphatic carbocycles. The smallest absolute Gasteiger partial charge is 0.251 e. The molecule has 1 aromatic carbocycles. The van der Waals surface area contributed by atoms with Crippen LogP contribution in [0.2, 0.25) is 5.02 Å². The molecule has 1 aliphatic rings. The number of benzene rings is 1. The van der Waals surface area contributed by atoms with E-state index in [1.54, 1.807) is 0 Å². The highest BCUT2D eigenvalue weighted by molar-refractivity contribution is 6.31. The molecule has 2 N–H and O–H groups in total. The lowest BCUT2D eigenvalue weighted by atomic mass is 9.91. The summed E-state index contributed by atoms with van der Waals surface area (Å²) in [5, 5.41) is 6.71. The molecule has 1 saturated carbocycles. The molecule has 0 spiro atoms. The number of amides is 1. The van der Waals surface area contributed by atoms with Crippen LogP contribution >= 0.6 is 11.6 Å². The number of carbonyl (C=O) groups is 1. The van der Waals surface area contributed by atoms with Crippen LogP contribution in [-0.4, -0.2) is 42.1 Å². The molecule has 8 heteroatoms. The molecule has 0 aliphatic heterocycles. The highest BCUT2D eigenvalue weighted by atomic mass is 35.5. The van der Waals surface area contributed by atoms with Crippen molar-refractivity contribution in [3.05, 3.63) is 46.4 Å². The van der Waals surface area contributed by atoms with Crippen molar-refractivity contribution in [3.8, 4) is 0 Å². The first-order valence-corrected chi connectivity index (χ1v) is 9.74. The van der Waals surface area contributed by atoms with Gasteiger partial charge in [0, 0.05) is 48.5 Å². The molecule has 2 aromatic rings. The van der Waals surface area contributed by atoms with Crippen molar-refractivity contribution in [2.75, 3.05) is 24.3 Å². The Hall–Kier alpha value is -2.41. The zero-order valence-electron chi connectivity index (χ0n) is 16.3. The molecule has 0 saturated heterocycles. The van der Waals surface area contributed by atoms with Gasteiger partial charge in [-0.05, 0) is 50.8 Å². The summed E-state index contributed by atoms with van der Waals surface area (Å²) in [7, 11) is 3.82. The van der Waals surface area contributed by atoms with Gasteiger partial charge in [0.25, 0.3) is 5.91 Å². The Labute approximate surface area is 169 Å². The van der Waals surface area contributed by atoms with Crippen LogP contribution in [0.15, 0.2) is 24.4 Å². The van der Waals surface area contributed by atoms with Crippen LogP contribution in [0.1, 0.15) is 41.6 Å². The van der Waals surface area contributed by atoms with Crippen LogP contribution in [0.25, 0.3) is 0 Å². The fourth-order valence-electron chi connectivity index (χ4n) is 3.32. The van der Waals surface area contributed by atoms with Gasteiger partial charge in [-0.2, -0.15) is 4.98 Å². The van der Waals surface area contributed by atoms with Gasteiger partial charge in [-0.15, -0.1) is 0 Å². The Morgan fingerprint density at radius 2 is 1.86 bits per heavy atom. The molecule has 1 amide bonds. The summed E-state index contributed by atoms with van der Waals surface area (Å²) < 4.78 is 13.4. The summed E-state index contributed by atoms with van der Waals surface area (Å²) in [4.78, 5) is 23.1. The number of anilines is 2. The number of rotatable bonds is 5. The molecular weight excluding hydrogens is 381 g/mol. The predicted octanol–water partition coefficient (Wildman–Crippen LogP) is 3.80. The summed E-state index contributed by atoms with van der Waals surface area (Å²) in [6.07, 6.45) is 5.33. The molecule has 6 nitrogen and oxygen atoms in total. The van der Waals surface area contributed by atoms with Crippen molar-refractivity contribution in [2.45, 2.75) is 44.7 Å². The standard InChI is InChI=1S/C20H25ClFN5O/c1-12-11-23-20(27(2)3)26-18(12)24-16-4-6-17(7-5-16)25-19(28)13-8-14(21)10-15(22)9-13/h8-11,16-17H,4-7H2,1-3H3,(H,25,28)(H,23,24,26).